The molecule has 4 rings (SSSR count). The number of amides is 5. The highest BCUT2D eigenvalue weighted by molar-refractivity contribution is 6.19. The molecule has 3 aliphatic heterocycles. The van der Waals surface area contributed by atoms with Gasteiger partial charge in [0.1, 0.15) is 6.54 Å². The van der Waals surface area contributed by atoms with Crippen LogP contribution in [-0.2, 0) is 9.53 Å². The highest BCUT2D eigenvalue weighted by Gasteiger charge is 2.41. The number of hydrogen-bond donors (Lipinski definition) is 1. The molecule has 150 valence electrons. The van der Waals surface area contributed by atoms with Crippen molar-refractivity contribution < 1.29 is 19.1 Å². The molecule has 3 saturated heterocycles. The maximum atomic E-state index is 12.8. The van der Waals surface area contributed by atoms with Gasteiger partial charge in [0, 0.05) is 38.4 Å². The van der Waals surface area contributed by atoms with E-state index in [4.69, 9.17) is 4.74 Å². The van der Waals surface area contributed by atoms with E-state index in [2.05, 4.69) is 5.32 Å². The van der Waals surface area contributed by atoms with Crippen LogP contribution in [0.4, 0.5) is 15.3 Å². The largest absolute Gasteiger partial charge is 0.381 e. The average molecular weight is 386 g/mol. The first-order chi connectivity index (χ1) is 13.6. The zero-order chi connectivity index (χ0) is 19.5. The van der Waals surface area contributed by atoms with Crippen LogP contribution < -0.4 is 10.2 Å². The highest BCUT2D eigenvalue weighted by Crippen LogP contribution is 2.26. The predicted octanol–water partition coefficient (Wildman–Crippen LogP) is 1.81. The third-order valence-electron chi connectivity index (χ3n) is 5.75. The molecule has 3 fully saturated rings. The van der Waals surface area contributed by atoms with Crippen LogP contribution in [0.25, 0.3) is 0 Å². The van der Waals surface area contributed by atoms with Crippen LogP contribution in [0.15, 0.2) is 30.3 Å². The Labute approximate surface area is 164 Å². The summed E-state index contributed by atoms with van der Waals surface area (Å²) in [6.45, 7) is 2.66. The average Bonchev–Trinajstić information content (AvgIpc) is 3.03. The number of piperidine rings is 1. The molecule has 0 saturated carbocycles. The van der Waals surface area contributed by atoms with Crippen molar-refractivity contribution in [3.8, 4) is 0 Å². The van der Waals surface area contributed by atoms with E-state index in [0.29, 0.717) is 44.8 Å². The fraction of sp³-hybridized carbons (Fsp3) is 0.550. The zero-order valence-corrected chi connectivity index (χ0v) is 15.9. The Hall–Kier alpha value is -2.61. The molecule has 1 aromatic rings. The number of carbonyl (C=O) groups excluding carboxylic acids is 3. The van der Waals surface area contributed by atoms with Gasteiger partial charge in [0.15, 0.2) is 0 Å². The molecular formula is C20H26N4O4. The van der Waals surface area contributed by atoms with Crippen molar-refractivity contribution in [3.05, 3.63) is 30.3 Å². The standard InChI is InChI=1S/C20H26N4O4/c25-18-14-23(20(27)24(18)17-4-2-1-3-5-17)16-6-10-22(11-7-16)19(26)21-15-8-12-28-13-9-15/h1-5,15-16H,6-14H2,(H,21,26). The number of anilines is 1. The van der Waals surface area contributed by atoms with Gasteiger partial charge in [-0.1, -0.05) is 18.2 Å². The molecule has 0 aliphatic carbocycles. The first kappa shape index (κ1) is 18.7. The zero-order valence-electron chi connectivity index (χ0n) is 15.9. The maximum Gasteiger partial charge on any atom is 0.332 e. The Bertz CT molecular complexity index is 727. The Kier molecular flexibility index (Phi) is 5.47. The summed E-state index contributed by atoms with van der Waals surface area (Å²) in [5.74, 6) is -0.198. The molecule has 3 heterocycles. The van der Waals surface area contributed by atoms with E-state index < -0.39 is 0 Å². The van der Waals surface area contributed by atoms with Crippen molar-refractivity contribution in [2.24, 2.45) is 0 Å². The van der Waals surface area contributed by atoms with Gasteiger partial charge in [0.2, 0.25) is 0 Å². The molecule has 0 radical (unpaired) electrons. The Morgan fingerprint density at radius 3 is 2.36 bits per heavy atom. The summed E-state index contributed by atoms with van der Waals surface area (Å²) in [6, 6.07) is 8.87. The molecule has 0 aromatic heterocycles. The van der Waals surface area contributed by atoms with Gasteiger partial charge in [-0.3, -0.25) is 4.79 Å². The molecule has 3 aliphatic rings. The van der Waals surface area contributed by atoms with Gasteiger partial charge in [-0.25, -0.2) is 14.5 Å². The molecule has 28 heavy (non-hydrogen) atoms. The molecule has 0 bridgehead atoms. The molecule has 0 spiro atoms. The number of ether oxygens (including phenoxy) is 1. The van der Waals surface area contributed by atoms with E-state index in [1.165, 1.54) is 4.90 Å². The topological polar surface area (TPSA) is 82.2 Å². The van der Waals surface area contributed by atoms with Gasteiger partial charge >= 0.3 is 12.1 Å². The molecule has 5 amide bonds. The third-order valence-corrected chi connectivity index (χ3v) is 5.75. The molecule has 1 N–H and O–H groups in total. The van der Waals surface area contributed by atoms with Gasteiger partial charge in [-0.05, 0) is 37.8 Å². The van der Waals surface area contributed by atoms with Crippen molar-refractivity contribution in [1.29, 1.82) is 0 Å². The van der Waals surface area contributed by atoms with Crippen molar-refractivity contribution in [3.63, 3.8) is 0 Å². The molecule has 8 nitrogen and oxygen atoms in total. The highest BCUT2D eigenvalue weighted by atomic mass is 16.5. The number of likely N-dealkylation sites (tertiary alicyclic amines) is 1. The fourth-order valence-corrected chi connectivity index (χ4v) is 4.12. The number of carbonyl (C=O) groups is 3. The summed E-state index contributed by atoms with van der Waals surface area (Å²) < 4.78 is 5.32. The lowest BCUT2D eigenvalue weighted by atomic mass is 10.0. The van der Waals surface area contributed by atoms with Crippen LogP contribution in [-0.4, -0.2) is 72.7 Å². The van der Waals surface area contributed by atoms with Crippen molar-refractivity contribution in [1.82, 2.24) is 15.1 Å². The van der Waals surface area contributed by atoms with Crippen LogP contribution in [0.5, 0.6) is 0 Å². The summed E-state index contributed by atoms with van der Waals surface area (Å²) in [4.78, 5) is 42.4. The minimum absolute atomic E-state index is 0.0164. The van der Waals surface area contributed by atoms with Gasteiger partial charge in [-0.15, -0.1) is 0 Å². The smallest absolute Gasteiger partial charge is 0.332 e. The Morgan fingerprint density at radius 1 is 1.00 bits per heavy atom. The molecular weight excluding hydrogens is 360 g/mol. The molecule has 0 atom stereocenters. The summed E-state index contributed by atoms with van der Waals surface area (Å²) in [6.07, 6.45) is 3.07. The summed E-state index contributed by atoms with van der Waals surface area (Å²) in [5, 5.41) is 3.08. The lowest BCUT2D eigenvalue weighted by molar-refractivity contribution is -0.116. The summed E-state index contributed by atoms with van der Waals surface area (Å²) in [5.41, 5.74) is 0.605. The maximum absolute atomic E-state index is 12.8. The van der Waals surface area contributed by atoms with Crippen LogP contribution >= 0.6 is 0 Å². The van der Waals surface area contributed by atoms with Crippen LogP contribution in [0.3, 0.4) is 0 Å². The van der Waals surface area contributed by atoms with Gasteiger partial charge in [-0.2, -0.15) is 0 Å². The summed E-state index contributed by atoms with van der Waals surface area (Å²) in [7, 11) is 0. The fourth-order valence-electron chi connectivity index (χ4n) is 4.12. The number of urea groups is 2. The second-order valence-electron chi connectivity index (χ2n) is 7.53. The van der Waals surface area contributed by atoms with Crippen LogP contribution in [0, 0.1) is 0 Å². The Balaban J connectivity index is 1.32. The summed E-state index contributed by atoms with van der Waals surface area (Å²) >= 11 is 0. The van der Waals surface area contributed by atoms with E-state index in [0.717, 1.165) is 12.8 Å². The van der Waals surface area contributed by atoms with Crippen molar-refractivity contribution in [2.75, 3.05) is 37.7 Å². The molecule has 1 aromatic carbocycles. The van der Waals surface area contributed by atoms with E-state index in [9.17, 15) is 14.4 Å². The SMILES string of the molecule is O=C(NC1CCOCC1)N1CCC(N2CC(=O)N(c3ccccc3)C2=O)CC1. The quantitative estimate of drug-likeness (QED) is 0.804. The van der Waals surface area contributed by atoms with Crippen LogP contribution in [0.2, 0.25) is 0 Å². The second-order valence-corrected chi connectivity index (χ2v) is 7.53. The number of benzene rings is 1. The number of para-hydroxylation sites is 1. The Morgan fingerprint density at radius 2 is 1.68 bits per heavy atom. The van der Waals surface area contributed by atoms with E-state index in [1.807, 2.05) is 23.1 Å². The second kappa shape index (κ2) is 8.18. The molecule has 0 unspecified atom stereocenters. The van der Waals surface area contributed by atoms with Crippen molar-refractivity contribution >= 4 is 23.7 Å². The minimum atomic E-state index is -0.263. The lowest BCUT2D eigenvalue weighted by Crippen LogP contribution is -2.52. The van der Waals surface area contributed by atoms with Crippen molar-refractivity contribution in [2.45, 2.75) is 37.8 Å². The van der Waals surface area contributed by atoms with E-state index in [1.54, 1.807) is 17.0 Å². The predicted molar refractivity (Wildman–Crippen MR) is 103 cm³/mol. The van der Waals surface area contributed by atoms with Gasteiger partial charge in [0.25, 0.3) is 5.91 Å². The first-order valence-corrected chi connectivity index (χ1v) is 9.95. The number of nitrogens with one attached hydrogen (secondary N) is 1. The minimum Gasteiger partial charge on any atom is -0.381 e. The number of imide groups is 1. The monoisotopic (exact) mass is 386 g/mol. The van der Waals surface area contributed by atoms with E-state index >= 15 is 0 Å². The number of rotatable bonds is 3. The third kappa shape index (κ3) is 3.82. The number of nitrogens with zero attached hydrogens (tertiary/aromatic N) is 3. The van der Waals surface area contributed by atoms with E-state index in [-0.39, 0.29) is 36.6 Å². The molecule has 8 heteroatoms. The number of hydrogen-bond acceptors (Lipinski definition) is 4. The van der Waals surface area contributed by atoms with Crippen LogP contribution in [0.1, 0.15) is 25.7 Å². The van der Waals surface area contributed by atoms with Gasteiger partial charge < -0.3 is 19.9 Å². The lowest BCUT2D eigenvalue weighted by Gasteiger charge is -2.37. The first-order valence-electron chi connectivity index (χ1n) is 9.95. The van der Waals surface area contributed by atoms with Gasteiger partial charge in [0.05, 0.1) is 5.69 Å². The normalized spacial score (nSPS) is 22.1.